The van der Waals surface area contributed by atoms with Gasteiger partial charge in [0.25, 0.3) is 0 Å². The summed E-state index contributed by atoms with van der Waals surface area (Å²) in [4.78, 5) is 9.56. The lowest BCUT2D eigenvalue weighted by Gasteiger charge is -2.18. The first-order valence-electron chi connectivity index (χ1n) is 4.23. The molecule has 0 unspecified atom stereocenters. The third-order valence-electron chi connectivity index (χ3n) is 2.06. The molecular formula is C10H12O3. The van der Waals surface area contributed by atoms with Crippen LogP contribution in [0, 0.1) is 0 Å². The van der Waals surface area contributed by atoms with Crippen molar-refractivity contribution in [3.8, 4) is 11.5 Å². The molecule has 0 saturated carbocycles. The van der Waals surface area contributed by atoms with Crippen molar-refractivity contribution >= 4 is 0 Å². The summed E-state index contributed by atoms with van der Waals surface area (Å²) >= 11 is 0. The lowest BCUT2D eigenvalue weighted by molar-refractivity contribution is -0.384. The fourth-order valence-electron chi connectivity index (χ4n) is 1.20. The van der Waals surface area contributed by atoms with Gasteiger partial charge in [-0.3, -0.25) is 9.78 Å². The molecule has 0 bridgehead atoms. The van der Waals surface area contributed by atoms with Crippen LogP contribution in [-0.2, 0) is 10.5 Å². The number of hydrogen-bond acceptors (Lipinski definition) is 3. The Morgan fingerprint density at radius 1 is 1.00 bits per heavy atom. The number of benzene rings is 1. The quantitative estimate of drug-likeness (QED) is 0.574. The molecule has 2 rings (SSSR count). The molecule has 13 heavy (non-hydrogen) atoms. The predicted molar refractivity (Wildman–Crippen MR) is 47.5 cm³/mol. The molecule has 1 aliphatic rings. The summed E-state index contributed by atoms with van der Waals surface area (Å²) in [7, 11) is 0. The Labute approximate surface area is 77.1 Å². The van der Waals surface area contributed by atoms with Gasteiger partial charge in [0.05, 0.1) is 0 Å². The van der Waals surface area contributed by atoms with Crippen LogP contribution >= 0.6 is 0 Å². The topological polar surface area (TPSA) is 27.7 Å². The third kappa shape index (κ3) is 1.47. The third-order valence-corrected chi connectivity index (χ3v) is 2.06. The van der Waals surface area contributed by atoms with E-state index in [2.05, 4.69) is 25.8 Å². The zero-order valence-electron chi connectivity index (χ0n) is 7.96. The Morgan fingerprint density at radius 2 is 1.69 bits per heavy atom. The molecule has 3 nitrogen and oxygen atoms in total. The van der Waals surface area contributed by atoms with E-state index in [9.17, 15) is 0 Å². The molecule has 0 radical (unpaired) electrons. The second kappa shape index (κ2) is 2.64. The molecule has 0 spiro atoms. The van der Waals surface area contributed by atoms with Gasteiger partial charge in [-0.1, -0.05) is 26.8 Å². The lowest BCUT2D eigenvalue weighted by Crippen LogP contribution is -2.10. The monoisotopic (exact) mass is 180 g/mol. The molecule has 1 aromatic carbocycles. The van der Waals surface area contributed by atoms with Gasteiger partial charge in [0.15, 0.2) is 0 Å². The van der Waals surface area contributed by atoms with E-state index in [1.807, 2.05) is 18.2 Å². The molecule has 1 aliphatic heterocycles. The zero-order chi connectivity index (χ0) is 9.47. The molecule has 1 aromatic rings. The summed E-state index contributed by atoms with van der Waals surface area (Å²) in [6.07, 6.45) is 0. The highest BCUT2D eigenvalue weighted by atomic mass is 17.5. The first-order chi connectivity index (χ1) is 6.07. The van der Waals surface area contributed by atoms with Gasteiger partial charge in [0.2, 0.25) is 11.5 Å². The Morgan fingerprint density at radius 3 is 2.38 bits per heavy atom. The van der Waals surface area contributed by atoms with Gasteiger partial charge in [-0.05, 0) is 23.1 Å². The van der Waals surface area contributed by atoms with E-state index in [1.54, 1.807) is 0 Å². The van der Waals surface area contributed by atoms with E-state index in [-0.39, 0.29) is 5.41 Å². The lowest BCUT2D eigenvalue weighted by atomic mass is 9.87. The fourth-order valence-corrected chi connectivity index (χ4v) is 1.20. The van der Waals surface area contributed by atoms with E-state index in [0.29, 0.717) is 11.5 Å². The van der Waals surface area contributed by atoms with Gasteiger partial charge < -0.3 is 0 Å². The molecule has 0 fully saturated rings. The van der Waals surface area contributed by atoms with Gasteiger partial charge in [0.1, 0.15) is 0 Å². The Hall–Kier alpha value is -1.22. The maximum Gasteiger partial charge on any atom is 0.216 e. The number of fused-ring (bicyclic) bond motifs is 1. The zero-order valence-corrected chi connectivity index (χ0v) is 7.96. The molecular weight excluding hydrogens is 168 g/mol. The predicted octanol–water partition coefficient (Wildman–Crippen LogP) is 2.60. The highest BCUT2D eigenvalue weighted by molar-refractivity contribution is 5.44. The van der Waals surface area contributed by atoms with Crippen molar-refractivity contribution < 1.29 is 14.8 Å². The average molecular weight is 180 g/mol. The van der Waals surface area contributed by atoms with Gasteiger partial charge >= 0.3 is 0 Å². The standard InChI is InChI=1S/C10H12O3/c1-10(2,3)7-4-5-8-9(6-7)12-13-11-8/h4-6H,1-3H3. The van der Waals surface area contributed by atoms with Crippen molar-refractivity contribution in [2.45, 2.75) is 26.2 Å². The van der Waals surface area contributed by atoms with Crippen molar-refractivity contribution in [2.24, 2.45) is 0 Å². The summed E-state index contributed by atoms with van der Waals surface area (Å²) in [5.74, 6) is 1.28. The first kappa shape index (κ1) is 8.38. The van der Waals surface area contributed by atoms with E-state index in [1.165, 1.54) is 5.56 Å². The second-order valence-corrected chi connectivity index (χ2v) is 4.15. The maximum absolute atomic E-state index is 4.81. The SMILES string of the molecule is CC(C)(C)c1ccc2c(c1)OOO2. The number of hydrogen-bond donors (Lipinski definition) is 0. The summed E-state index contributed by atoms with van der Waals surface area (Å²) < 4.78 is 0. The minimum Gasteiger partial charge on any atom is -0.295 e. The summed E-state index contributed by atoms with van der Waals surface area (Å²) in [6, 6.07) is 5.79. The van der Waals surface area contributed by atoms with Gasteiger partial charge in [0, 0.05) is 5.04 Å². The highest BCUT2D eigenvalue weighted by Crippen LogP contribution is 2.36. The van der Waals surface area contributed by atoms with Gasteiger partial charge in [-0.2, -0.15) is 0 Å². The average Bonchev–Trinajstić information content (AvgIpc) is 2.47. The normalized spacial score (nSPS) is 14.7. The summed E-state index contributed by atoms with van der Waals surface area (Å²) in [6.45, 7) is 6.43. The largest absolute Gasteiger partial charge is 0.295 e. The van der Waals surface area contributed by atoms with Crippen molar-refractivity contribution in [3.63, 3.8) is 0 Å². The van der Waals surface area contributed by atoms with Crippen LogP contribution in [0.4, 0.5) is 0 Å². The molecule has 3 heteroatoms. The Kier molecular flexibility index (Phi) is 1.70. The van der Waals surface area contributed by atoms with E-state index in [0.717, 1.165) is 0 Å². The van der Waals surface area contributed by atoms with Crippen LogP contribution in [0.5, 0.6) is 11.5 Å². The molecule has 0 saturated heterocycles. The van der Waals surface area contributed by atoms with Crippen LogP contribution in [0.2, 0.25) is 0 Å². The summed E-state index contributed by atoms with van der Waals surface area (Å²) in [5.41, 5.74) is 1.31. The highest BCUT2D eigenvalue weighted by Gasteiger charge is 2.21. The van der Waals surface area contributed by atoms with Gasteiger partial charge in [-0.25, -0.2) is 0 Å². The van der Waals surface area contributed by atoms with Crippen LogP contribution in [0.1, 0.15) is 26.3 Å². The Bertz CT molecular complexity index is 325. The second-order valence-electron chi connectivity index (χ2n) is 4.15. The van der Waals surface area contributed by atoms with Crippen molar-refractivity contribution in [3.05, 3.63) is 23.8 Å². The summed E-state index contributed by atoms with van der Waals surface area (Å²) in [5, 5.41) is 4.38. The van der Waals surface area contributed by atoms with Crippen LogP contribution in [0.15, 0.2) is 18.2 Å². The number of rotatable bonds is 0. The fraction of sp³-hybridized carbons (Fsp3) is 0.400. The smallest absolute Gasteiger partial charge is 0.216 e. The maximum atomic E-state index is 4.81. The molecule has 0 N–H and O–H groups in total. The molecule has 0 aromatic heterocycles. The van der Waals surface area contributed by atoms with Crippen LogP contribution < -0.4 is 9.78 Å². The van der Waals surface area contributed by atoms with Gasteiger partial charge in [-0.15, -0.1) is 0 Å². The van der Waals surface area contributed by atoms with Crippen molar-refractivity contribution in [1.29, 1.82) is 0 Å². The molecule has 0 amide bonds. The van der Waals surface area contributed by atoms with Crippen LogP contribution in [0.3, 0.4) is 0 Å². The van der Waals surface area contributed by atoms with Crippen molar-refractivity contribution in [1.82, 2.24) is 0 Å². The first-order valence-corrected chi connectivity index (χ1v) is 4.23. The van der Waals surface area contributed by atoms with E-state index in [4.69, 9.17) is 9.78 Å². The molecule has 0 aliphatic carbocycles. The van der Waals surface area contributed by atoms with E-state index >= 15 is 0 Å². The Balaban J connectivity index is 2.42. The molecule has 1 heterocycles. The van der Waals surface area contributed by atoms with Crippen LogP contribution in [0.25, 0.3) is 0 Å². The minimum atomic E-state index is 0.112. The molecule has 0 atom stereocenters. The van der Waals surface area contributed by atoms with E-state index < -0.39 is 0 Å². The minimum absolute atomic E-state index is 0.112. The molecule has 70 valence electrons. The van der Waals surface area contributed by atoms with Crippen molar-refractivity contribution in [2.75, 3.05) is 0 Å². The van der Waals surface area contributed by atoms with Crippen LogP contribution in [-0.4, -0.2) is 0 Å².